The molecule has 0 radical (unpaired) electrons. The third-order valence-electron chi connectivity index (χ3n) is 3.34. The van der Waals surface area contributed by atoms with Crippen LogP contribution < -0.4 is 16.5 Å². The fraction of sp³-hybridized carbons (Fsp3) is 0.667. The van der Waals surface area contributed by atoms with Gasteiger partial charge in [-0.05, 0) is 19.8 Å². The first-order valence-corrected chi connectivity index (χ1v) is 6.85. The van der Waals surface area contributed by atoms with Gasteiger partial charge in [0, 0.05) is 6.04 Å². The van der Waals surface area contributed by atoms with Crippen molar-refractivity contribution in [3.8, 4) is 0 Å². The first-order chi connectivity index (χ1) is 9.58. The molecule has 0 saturated heterocycles. The van der Waals surface area contributed by atoms with Gasteiger partial charge in [-0.2, -0.15) is 0 Å². The molecule has 1 atom stereocenters. The van der Waals surface area contributed by atoms with Gasteiger partial charge in [0.25, 0.3) is 11.8 Å². The lowest BCUT2D eigenvalue weighted by Gasteiger charge is -2.22. The van der Waals surface area contributed by atoms with Gasteiger partial charge in [0.15, 0.2) is 0 Å². The zero-order valence-electron chi connectivity index (χ0n) is 11.5. The second kappa shape index (κ2) is 6.47. The summed E-state index contributed by atoms with van der Waals surface area (Å²) >= 11 is 0. The highest BCUT2D eigenvalue weighted by atomic mass is 16.2. The third-order valence-corrected chi connectivity index (χ3v) is 3.34. The summed E-state index contributed by atoms with van der Waals surface area (Å²) in [4.78, 5) is 23.7. The Bertz CT molecular complexity index is 478. The van der Waals surface area contributed by atoms with Crippen LogP contribution in [0, 0.1) is 0 Å². The largest absolute Gasteiger partial charge is 0.347 e. The third kappa shape index (κ3) is 3.53. The predicted molar refractivity (Wildman–Crippen MR) is 72.4 cm³/mol. The number of amides is 2. The summed E-state index contributed by atoms with van der Waals surface area (Å²) < 4.78 is 1.20. The molecular weight excluding hydrogens is 260 g/mol. The molecule has 1 fully saturated rings. The van der Waals surface area contributed by atoms with Crippen LogP contribution in [0.2, 0.25) is 0 Å². The van der Waals surface area contributed by atoms with Gasteiger partial charge in [-0.1, -0.05) is 19.3 Å². The van der Waals surface area contributed by atoms with Crippen molar-refractivity contribution in [2.24, 2.45) is 5.73 Å². The van der Waals surface area contributed by atoms with Crippen molar-refractivity contribution in [3.05, 3.63) is 12.2 Å². The van der Waals surface area contributed by atoms with E-state index in [2.05, 4.69) is 20.9 Å². The number of nitrogens with one attached hydrogen (secondary N) is 2. The average molecular weight is 280 g/mol. The summed E-state index contributed by atoms with van der Waals surface area (Å²) in [6, 6.07) is -0.503. The lowest BCUT2D eigenvalue weighted by Crippen LogP contribution is -2.41. The van der Waals surface area contributed by atoms with Gasteiger partial charge in [0.1, 0.15) is 6.33 Å². The summed E-state index contributed by atoms with van der Waals surface area (Å²) in [6.07, 6.45) is 6.69. The van der Waals surface area contributed by atoms with E-state index in [4.69, 9.17) is 5.73 Å². The van der Waals surface area contributed by atoms with E-state index in [9.17, 15) is 9.59 Å². The molecule has 1 aromatic rings. The molecule has 0 spiro atoms. The number of carbonyl (C=O) groups is 2. The van der Waals surface area contributed by atoms with Gasteiger partial charge in [0.2, 0.25) is 5.82 Å². The lowest BCUT2D eigenvalue weighted by molar-refractivity contribution is -0.117. The van der Waals surface area contributed by atoms with Gasteiger partial charge in [-0.25, -0.2) is 4.68 Å². The second-order valence-corrected chi connectivity index (χ2v) is 5.10. The number of hydrogen-bond acceptors (Lipinski definition) is 5. The van der Waals surface area contributed by atoms with Gasteiger partial charge >= 0.3 is 0 Å². The highest BCUT2D eigenvalue weighted by molar-refractivity contribution is 5.93. The summed E-state index contributed by atoms with van der Waals surface area (Å²) in [7, 11) is 0. The Labute approximate surface area is 117 Å². The Balaban J connectivity index is 1.99. The monoisotopic (exact) mass is 280 g/mol. The van der Waals surface area contributed by atoms with Crippen LogP contribution in [0.25, 0.3) is 0 Å². The molecule has 1 saturated carbocycles. The molecule has 1 aliphatic rings. The number of rotatable bonds is 4. The van der Waals surface area contributed by atoms with Crippen molar-refractivity contribution in [2.75, 3.05) is 5.43 Å². The molecule has 1 unspecified atom stereocenters. The molecule has 0 aromatic carbocycles. The molecule has 2 rings (SSSR count). The van der Waals surface area contributed by atoms with E-state index in [1.807, 2.05) is 0 Å². The van der Waals surface area contributed by atoms with Gasteiger partial charge in [0.05, 0.1) is 6.04 Å². The van der Waals surface area contributed by atoms with Crippen LogP contribution in [0.4, 0.5) is 0 Å². The zero-order chi connectivity index (χ0) is 14.5. The predicted octanol–water partition coefficient (Wildman–Crippen LogP) is -0.242. The van der Waals surface area contributed by atoms with Crippen LogP contribution in [0.5, 0.6) is 0 Å². The molecule has 8 heteroatoms. The van der Waals surface area contributed by atoms with E-state index in [0.29, 0.717) is 0 Å². The number of carbonyl (C=O) groups excluding carboxylic acids is 2. The van der Waals surface area contributed by atoms with E-state index in [-0.39, 0.29) is 17.8 Å². The fourth-order valence-electron chi connectivity index (χ4n) is 2.19. The van der Waals surface area contributed by atoms with Crippen LogP contribution in [0.3, 0.4) is 0 Å². The van der Waals surface area contributed by atoms with Crippen molar-refractivity contribution < 1.29 is 9.59 Å². The summed E-state index contributed by atoms with van der Waals surface area (Å²) in [5.74, 6) is -0.680. The molecule has 2 amide bonds. The standard InChI is InChI=1S/C12H20N6O2/c1-8(13)11(19)17-18-7-14-16-10(18)12(20)15-9-5-3-2-4-6-9/h7-9H,2-6,13H2,1H3,(H,15,20)(H,17,19). The Morgan fingerprint density at radius 2 is 2.10 bits per heavy atom. The average Bonchev–Trinajstić information content (AvgIpc) is 2.88. The van der Waals surface area contributed by atoms with Gasteiger partial charge in [-0.15, -0.1) is 10.2 Å². The molecule has 0 bridgehead atoms. The molecule has 4 N–H and O–H groups in total. The molecule has 1 aliphatic carbocycles. The zero-order valence-corrected chi connectivity index (χ0v) is 11.5. The lowest BCUT2D eigenvalue weighted by atomic mass is 9.95. The fourth-order valence-corrected chi connectivity index (χ4v) is 2.19. The van der Waals surface area contributed by atoms with E-state index in [1.54, 1.807) is 6.92 Å². The van der Waals surface area contributed by atoms with E-state index < -0.39 is 11.9 Å². The van der Waals surface area contributed by atoms with Crippen molar-refractivity contribution in [3.63, 3.8) is 0 Å². The molecule has 110 valence electrons. The van der Waals surface area contributed by atoms with Crippen molar-refractivity contribution in [2.45, 2.75) is 51.1 Å². The summed E-state index contributed by atoms with van der Waals surface area (Å²) in [5, 5.41) is 10.3. The highest BCUT2D eigenvalue weighted by Crippen LogP contribution is 2.17. The second-order valence-electron chi connectivity index (χ2n) is 5.10. The van der Waals surface area contributed by atoms with Crippen molar-refractivity contribution in [1.29, 1.82) is 0 Å². The molecular formula is C12H20N6O2. The quantitative estimate of drug-likeness (QED) is 0.704. The molecule has 0 aliphatic heterocycles. The number of nitrogens with two attached hydrogens (primary N) is 1. The Kier molecular flexibility index (Phi) is 4.67. The molecule has 1 heterocycles. The number of hydrogen-bond donors (Lipinski definition) is 3. The van der Waals surface area contributed by atoms with Crippen LogP contribution in [0.15, 0.2) is 6.33 Å². The van der Waals surface area contributed by atoms with Crippen molar-refractivity contribution >= 4 is 11.8 Å². The molecule has 1 aromatic heterocycles. The minimum atomic E-state index is -0.674. The first kappa shape index (κ1) is 14.4. The van der Waals surface area contributed by atoms with E-state index >= 15 is 0 Å². The van der Waals surface area contributed by atoms with Crippen LogP contribution in [-0.2, 0) is 4.79 Å². The molecule has 8 nitrogen and oxygen atoms in total. The highest BCUT2D eigenvalue weighted by Gasteiger charge is 2.21. The minimum absolute atomic E-state index is 0.0598. The first-order valence-electron chi connectivity index (χ1n) is 6.85. The Morgan fingerprint density at radius 1 is 1.40 bits per heavy atom. The normalized spacial score (nSPS) is 17.5. The topological polar surface area (TPSA) is 115 Å². The van der Waals surface area contributed by atoms with Crippen LogP contribution in [0.1, 0.15) is 49.6 Å². The van der Waals surface area contributed by atoms with Gasteiger partial charge < -0.3 is 11.1 Å². The van der Waals surface area contributed by atoms with Crippen molar-refractivity contribution in [1.82, 2.24) is 20.2 Å². The number of nitrogens with zero attached hydrogens (tertiary/aromatic N) is 3. The summed E-state index contributed by atoms with van der Waals surface area (Å²) in [5.41, 5.74) is 7.94. The maximum Gasteiger partial charge on any atom is 0.291 e. The summed E-state index contributed by atoms with van der Waals surface area (Å²) in [6.45, 7) is 1.56. The minimum Gasteiger partial charge on any atom is -0.347 e. The van der Waals surface area contributed by atoms with Gasteiger partial charge in [-0.3, -0.25) is 15.0 Å². The maximum absolute atomic E-state index is 12.1. The SMILES string of the molecule is CC(N)C(=O)Nn1cnnc1C(=O)NC1CCCCC1. The maximum atomic E-state index is 12.1. The Morgan fingerprint density at radius 3 is 2.75 bits per heavy atom. The number of aromatic nitrogens is 3. The van der Waals surface area contributed by atoms with Crippen LogP contribution >= 0.6 is 0 Å². The smallest absolute Gasteiger partial charge is 0.291 e. The van der Waals surface area contributed by atoms with E-state index in [1.165, 1.54) is 17.4 Å². The van der Waals surface area contributed by atoms with E-state index in [0.717, 1.165) is 25.7 Å². The van der Waals surface area contributed by atoms with Crippen LogP contribution in [-0.4, -0.2) is 38.8 Å². The Hall–Kier alpha value is -1.96. The molecule has 20 heavy (non-hydrogen) atoms.